The Morgan fingerprint density at radius 1 is 1.07 bits per heavy atom. The lowest BCUT2D eigenvalue weighted by atomic mass is 9.89. The fraction of sp³-hybridized carbons (Fsp3) is 0.652. The van der Waals surface area contributed by atoms with E-state index in [9.17, 15) is 9.59 Å². The smallest absolute Gasteiger partial charge is 0.317 e. The fourth-order valence-electron chi connectivity index (χ4n) is 4.42. The van der Waals surface area contributed by atoms with Gasteiger partial charge < -0.3 is 20.4 Å². The third-order valence-corrected chi connectivity index (χ3v) is 6.04. The first-order valence-corrected chi connectivity index (χ1v) is 11.3. The SMILES string of the molecule is CCNC(=O)N1CCC[C@H](c2cccc(C(=O)NCCCN3CCCCC3)c2)C1. The zero-order chi connectivity index (χ0) is 20.5. The Labute approximate surface area is 175 Å². The minimum atomic E-state index is 0.00175. The third kappa shape index (κ3) is 6.46. The van der Waals surface area contributed by atoms with Gasteiger partial charge in [-0.25, -0.2) is 4.79 Å². The minimum Gasteiger partial charge on any atom is -0.352 e. The molecule has 0 unspecified atom stereocenters. The predicted molar refractivity (Wildman–Crippen MR) is 116 cm³/mol. The highest BCUT2D eigenvalue weighted by Crippen LogP contribution is 2.27. The number of amides is 3. The van der Waals surface area contributed by atoms with Gasteiger partial charge in [0.15, 0.2) is 0 Å². The number of hydrogen-bond acceptors (Lipinski definition) is 3. The molecule has 0 aliphatic carbocycles. The van der Waals surface area contributed by atoms with Crippen molar-refractivity contribution in [3.63, 3.8) is 0 Å². The van der Waals surface area contributed by atoms with Crippen LogP contribution in [-0.4, -0.2) is 67.6 Å². The highest BCUT2D eigenvalue weighted by atomic mass is 16.2. The molecule has 1 aromatic rings. The van der Waals surface area contributed by atoms with Gasteiger partial charge in [0.25, 0.3) is 5.91 Å². The maximum absolute atomic E-state index is 12.6. The first kappa shape index (κ1) is 21.6. The molecule has 2 N–H and O–H groups in total. The largest absolute Gasteiger partial charge is 0.352 e. The average Bonchev–Trinajstić information content (AvgIpc) is 2.77. The second-order valence-electron chi connectivity index (χ2n) is 8.26. The molecule has 0 saturated carbocycles. The summed E-state index contributed by atoms with van der Waals surface area (Å²) in [7, 11) is 0. The van der Waals surface area contributed by atoms with Crippen LogP contribution < -0.4 is 10.6 Å². The molecule has 6 nitrogen and oxygen atoms in total. The highest BCUT2D eigenvalue weighted by molar-refractivity contribution is 5.94. The number of carbonyl (C=O) groups is 2. The van der Waals surface area contributed by atoms with Crippen LogP contribution in [0.25, 0.3) is 0 Å². The molecule has 0 aromatic heterocycles. The zero-order valence-corrected chi connectivity index (χ0v) is 17.8. The van der Waals surface area contributed by atoms with Gasteiger partial charge in [0.1, 0.15) is 0 Å². The molecule has 2 fully saturated rings. The lowest BCUT2D eigenvalue weighted by Crippen LogP contribution is -2.44. The summed E-state index contributed by atoms with van der Waals surface area (Å²) in [4.78, 5) is 29.1. The summed E-state index contributed by atoms with van der Waals surface area (Å²) in [5.74, 6) is 0.292. The molecule has 29 heavy (non-hydrogen) atoms. The van der Waals surface area contributed by atoms with E-state index >= 15 is 0 Å². The third-order valence-electron chi connectivity index (χ3n) is 6.04. The maximum Gasteiger partial charge on any atom is 0.317 e. The van der Waals surface area contributed by atoms with Crippen LogP contribution in [0.15, 0.2) is 24.3 Å². The normalized spacial score (nSPS) is 20.3. The molecule has 0 spiro atoms. The highest BCUT2D eigenvalue weighted by Gasteiger charge is 2.25. The lowest BCUT2D eigenvalue weighted by molar-refractivity contribution is 0.0950. The lowest BCUT2D eigenvalue weighted by Gasteiger charge is -2.33. The molecule has 2 saturated heterocycles. The summed E-state index contributed by atoms with van der Waals surface area (Å²) >= 11 is 0. The van der Waals surface area contributed by atoms with Crippen molar-refractivity contribution in [3.05, 3.63) is 35.4 Å². The van der Waals surface area contributed by atoms with Crippen molar-refractivity contribution >= 4 is 11.9 Å². The Bertz CT molecular complexity index is 673. The van der Waals surface area contributed by atoms with Crippen molar-refractivity contribution in [2.45, 2.75) is 51.4 Å². The fourth-order valence-corrected chi connectivity index (χ4v) is 4.42. The molecule has 160 valence electrons. The van der Waals surface area contributed by atoms with E-state index in [4.69, 9.17) is 0 Å². The molecule has 3 rings (SSSR count). The van der Waals surface area contributed by atoms with Gasteiger partial charge in [0, 0.05) is 37.7 Å². The van der Waals surface area contributed by atoms with Crippen LogP contribution in [0.5, 0.6) is 0 Å². The summed E-state index contributed by atoms with van der Waals surface area (Å²) in [5.41, 5.74) is 1.87. The molecule has 2 heterocycles. The summed E-state index contributed by atoms with van der Waals surface area (Å²) in [6.45, 7) is 8.29. The predicted octanol–water partition coefficient (Wildman–Crippen LogP) is 3.20. The second kappa shape index (κ2) is 11.2. The van der Waals surface area contributed by atoms with Crippen LogP contribution in [-0.2, 0) is 0 Å². The summed E-state index contributed by atoms with van der Waals surface area (Å²) in [6.07, 6.45) is 7.00. The molecule has 3 amide bonds. The van der Waals surface area contributed by atoms with Gasteiger partial charge in [-0.15, -0.1) is 0 Å². The molecule has 1 atom stereocenters. The first-order chi connectivity index (χ1) is 14.2. The topological polar surface area (TPSA) is 64.7 Å². The van der Waals surface area contributed by atoms with Gasteiger partial charge in [-0.3, -0.25) is 4.79 Å². The van der Waals surface area contributed by atoms with E-state index in [1.54, 1.807) is 0 Å². The van der Waals surface area contributed by atoms with E-state index in [2.05, 4.69) is 21.6 Å². The van der Waals surface area contributed by atoms with Crippen molar-refractivity contribution < 1.29 is 9.59 Å². The van der Waals surface area contributed by atoms with Gasteiger partial charge in [0.05, 0.1) is 0 Å². The summed E-state index contributed by atoms with van der Waals surface area (Å²) < 4.78 is 0. The van der Waals surface area contributed by atoms with Crippen LogP contribution in [0, 0.1) is 0 Å². The van der Waals surface area contributed by atoms with Crippen LogP contribution in [0.4, 0.5) is 4.79 Å². The molecule has 0 radical (unpaired) electrons. The van der Waals surface area contributed by atoms with Gasteiger partial charge in [-0.05, 0) is 76.4 Å². The van der Waals surface area contributed by atoms with Crippen molar-refractivity contribution in [1.29, 1.82) is 0 Å². The van der Waals surface area contributed by atoms with Crippen LogP contribution >= 0.6 is 0 Å². The van der Waals surface area contributed by atoms with Gasteiger partial charge in [0.2, 0.25) is 0 Å². The molecular weight excluding hydrogens is 364 g/mol. The first-order valence-electron chi connectivity index (χ1n) is 11.3. The number of likely N-dealkylation sites (tertiary alicyclic amines) is 2. The van der Waals surface area contributed by atoms with Crippen molar-refractivity contribution in [2.75, 3.05) is 45.8 Å². The Hall–Kier alpha value is -2.08. The molecule has 0 bridgehead atoms. The van der Waals surface area contributed by atoms with E-state index in [1.165, 1.54) is 32.4 Å². The number of urea groups is 1. The summed E-state index contributed by atoms with van der Waals surface area (Å²) in [6, 6.07) is 7.95. The van der Waals surface area contributed by atoms with E-state index in [-0.39, 0.29) is 11.9 Å². The number of nitrogens with zero attached hydrogens (tertiary/aromatic N) is 2. The number of carbonyl (C=O) groups excluding carboxylic acids is 2. The maximum atomic E-state index is 12.6. The number of nitrogens with one attached hydrogen (secondary N) is 2. The van der Waals surface area contributed by atoms with E-state index in [1.807, 2.05) is 30.0 Å². The second-order valence-corrected chi connectivity index (χ2v) is 8.26. The molecule has 1 aromatic carbocycles. The molecule has 6 heteroatoms. The van der Waals surface area contributed by atoms with Crippen LogP contribution in [0.3, 0.4) is 0 Å². The van der Waals surface area contributed by atoms with Crippen LogP contribution in [0.1, 0.15) is 67.3 Å². The van der Waals surface area contributed by atoms with Crippen molar-refractivity contribution in [1.82, 2.24) is 20.4 Å². The standard InChI is InChI=1S/C23H36N4O2/c1-2-24-23(29)27-16-7-11-21(18-27)19-9-6-10-20(17-19)22(28)25-12-8-15-26-13-4-3-5-14-26/h6,9-10,17,21H,2-5,7-8,11-16,18H2,1H3,(H,24,29)(H,25,28)/t21-/m0/s1. The molecular formula is C23H36N4O2. The van der Waals surface area contributed by atoms with Gasteiger partial charge >= 0.3 is 6.03 Å². The number of benzene rings is 1. The Morgan fingerprint density at radius 2 is 1.90 bits per heavy atom. The number of hydrogen-bond donors (Lipinski definition) is 2. The minimum absolute atomic E-state index is 0.00175. The van der Waals surface area contributed by atoms with Gasteiger partial charge in [-0.2, -0.15) is 0 Å². The Morgan fingerprint density at radius 3 is 2.69 bits per heavy atom. The van der Waals surface area contributed by atoms with E-state index in [0.29, 0.717) is 25.6 Å². The van der Waals surface area contributed by atoms with Crippen molar-refractivity contribution in [3.8, 4) is 0 Å². The Balaban J connectivity index is 1.49. The number of piperidine rings is 2. The van der Waals surface area contributed by atoms with Crippen LogP contribution in [0.2, 0.25) is 0 Å². The average molecular weight is 401 g/mol. The quantitative estimate of drug-likeness (QED) is 0.691. The number of rotatable bonds is 7. The molecule has 2 aliphatic heterocycles. The van der Waals surface area contributed by atoms with Gasteiger partial charge in [-0.1, -0.05) is 18.6 Å². The molecule has 2 aliphatic rings. The van der Waals surface area contributed by atoms with E-state index < -0.39 is 0 Å². The Kier molecular flexibility index (Phi) is 8.35. The summed E-state index contributed by atoms with van der Waals surface area (Å²) in [5, 5.41) is 5.96. The monoisotopic (exact) mass is 400 g/mol. The van der Waals surface area contributed by atoms with E-state index in [0.717, 1.165) is 43.5 Å². The van der Waals surface area contributed by atoms with Crippen molar-refractivity contribution in [2.24, 2.45) is 0 Å². The zero-order valence-electron chi connectivity index (χ0n) is 17.8.